The molecule has 0 bridgehead atoms. The van der Waals surface area contributed by atoms with Crippen LogP contribution in [-0.2, 0) is 28.8 Å². The van der Waals surface area contributed by atoms with Crippen molar-refractivity contribution in [2.75, 3.05) is 0 Å². The first-order valence-corrected chi connectivity index (χ1v) is 8.23. The van der Waals surface area contributed by atoms with Gasteiger partial charge in [0.05, 0.1) is 5.56 Å². The van der Waals surface area contributed by atoms with Gasteiger partial charge >= 0.3 is 11.9 Å². The number of fused-ring (bicyclic) bond motifs is 2. The van der Waals surface area contributed by atoms with Gasteiger partial charge in [-0.2, -0.15) is 0 Å². The third kappa shape index (κ3) is 2.95. The summed E-state index contributed by atoms with van der Waals surface area (Å²) >= 11 is -1.45. The molecule has 0 aliphatic carbocycles. The van der Waals surface area contributed by atoms with Gasteiger partial charge in [0, 0.05) is 35.1 Å². The van der Waals surface area contributed by atoms with Crippen LogP contribution in [0.4, 0.5) is 0 Å². The van der Waals surface area contributed by atoms with Gasteiger partial charge in [-0.1, -0.05) is 18.2 Å². The average Bonchev–Trinajstić information content (AvgIpc) is 2.52. The molecule has 1 aliphatic heterocycles. The van der Waals surface area contributed by atoms with Gasteiger partial charge in [-0.05, 0) is 30.2 Å². The van der Waals surface area contributed by atoms with E-state index in [-0.39, 0.29) is 18.4 Å². The second-order valence-electron chi connectivity index (χ2n) is 5.37. The number of hydrogen-bond donors (Lipinski definition) is 2. The zero-order valence-electron chi connectivity index (χ0n) is 12.1. The standard InChI is InChI=1S/C17H14O5S/c18-16(19)6-5-10-7-13(17(20)21)12-9-11-3-1-2-4-14(11)23(22)15(12)8-10/h1-4,7-8H,5-6,9H2,(H,18,19)(H,20,21). The smallest absolute Gasteiger partial charge is 0.336 e. The topological polar surface area (TPSA) is 97.7 Å². The summed E-state index contributed by atoms with van der Waals surface area (Å²) in [4.78, 5) is 23.5. The van der Waals surface area contributed by atoms with E-state index in [0.717, 1.165) is 5.56 Å². The third-order valence-corrected chi connectivity index (χ3v) is 5.43. The maximum absolute atomic E-state index is 12.8. The molecule has 0 fully saturated rings. The first-order chi connectivity index (χ1) is 11.0. The van der Waals surface area contributed by atoms with Gasteiger partial charge in [0.1, 0.15) is 0 Å². The Labute approximate surface area is 135 Å². The Morgan fingerprint density at radius 2 is 1.87 bits per heavy atom. The fourth-order valence-electron chi connectivity index (χ4n) is 2.78. The molecule has 23 heavy (non-hydrogen) atoms. The van der Waals surface area contributed by atoms with Crippen LogP contribution in [0.25, 0.3) is 0 Å². The van der Waals surface area contributed by atoms with Crippen LogP contribution in [0.5, 0.6) is 0 Å². The zero-order valence-corrected chi connectivity index (χ0v) is 12.9. The molecule has 2 aromatic rings. The van der Waals surface area contributed by atoms with E-state index in [1.807, 2.05) is 12.1 Å². The summed E-state index contributed by atoms with van der Waals surface area (Å²) in [5.41, 5.74) is 2.09. The van der Waals surface area contributed by atoms with Gasteiger partial charge < -0.3 is 14.8 Å². The van der Waals surface area contributed by atoms with Crippen molar-refractivity contribution in [3.63, 3.8) is 0 Å². The van der Waals surface area contributed by atoms with Gasteiger partial charge in [-0.25, -0.2) is 4.79 Å². The Balaban J connectivity index is 2.10. The fourth-order valence-corrected chi connectivity index (χ4v) is 4.26. The van der Waals surface area contributed by atoms with Crippen molar-refractivity contribution in [2.24, 2.45) is 0 Å². The highest BCUT2D eigenvalue weighted by molar-refractivity contribution is 7.91. The summed E-state index contributed by atoms with van der Waals surface area (Å²) in [6.45, 7) is 0. The van der Waals surface area contributed by atoms with Crippen molar-refractivity contribution in [2.45, 2.75) is 29.1 Å². The Morgan fingerprint density at radius 3 is 2.57 bits per heavy atom. The molecule has 1 aliphatic rings. The minimum atomic E-state index is -1.45. The Hall–Kier alpha value is -2.31. The van der Waals surface area contributed by atoms with E-state index in [2.05, 4.69) is 0 Å². The number of rotatable bonds is 4. The van der Waals surface area contributed by atoms with E-state index in [0.29, 0.717) is 27.3 Å². The predicted molar refractivity (Wildman–Crippen MR) is 83.3 cm³/mol. The summed E-state index contributed by atoms with van der Waals surface area (Å²) in [6, 6.07) is 10.4. The molecule has 3 rings (SSSR count). The normalized spacial score (nSPS) is 15.6. The summed E-state index contributed by atoms with van der Waals surface area (Å²) in [6.07, 6.45) is 0.529. The first-order valence-electron chi connectivity index (χ1n) is 7.08. The highest BCUT2D eigenvalue weighted by atomic mass is 32.2. The minimum Gasteiger partial charge on any atom is -0.606 e. The van der Waals surface area contributed by atoms with E-state index in [1.54, 1.807) is 18.2 Å². The fraction of sp³-hybridized carbons (Fsp3) is 0.176. The van der Waals surface area contributed by atoms with Crippen molar-refractivity contribution < 1.29 is 24.4 Å². The van der Waals surface area contributed by atoms with Crippen LogP contribution in [0.2, 0.25) is 0 Å². The Kier molecular flexibility index (Phi) is 4.11. The maximum Gasteiger partial charge on any atom is 0.336 e. The van der Waals surface area contributed by atoms with Crippen LogP contribution < -0.4 is 0 Å². The van der Waals surface area contributed by atoms with E-state index in [9.17, 15) is 19.2 Å². The lowest BCUT2D eigenvalue weighted by Gasteiger charge is -2.23. The number of aryl methyl sites for hydroxylation is 1. The summed E-state index contributed by atoms with van der Waals surface area (Å²) in [5.74, 6) is -2.04. The minimum absolute atomic E-state index is 0.0962. The molecule has 1 heterocycles. The van der Waals surface area contributed by atoms with Crippen molar-refractivity contribution >= 4 is 23.1 Å². The van der Waals surface area contributed by atoms with E-state index in [1.165, 1.54) is 6.07 Å². The second kappa shape index (κ2) is 6.06. The molecule has 0 aromatic heterocycles. The van der Waals surface area contributed by atoms with E-state index < -0.39 is 23.1 Å². The summed E-state index contributed by atoms with van der Waals surface area (Å²) in [7, 11) is 0. The zero-order chi connectivity index (χ0) is 16.6. The lowest BCUT2D eigenvalue weighted by molar-refractivity contribution is -0.136. The van der Waals surface area contributed by atoms with Crippen molar-refractivity contribution in [3.8, 4) is 0 Å². The maximum atomic E-state index is 12.8. The van der Waals surface area contributed by atoms with Crippen LogP contribution in [0.3, 0.4) is 0 Å². The number of hydrogen-bond acceptors (Lipinski definition) is 3. The molecule has 2 aromatic carbocycles. The Morgan fingerprint density at radius 1 is 1.13 bits per heavy atom. The highest BCUT2D eigenvalue weighted by Crippen LogP contribution is 2.36. The molecule has 5 nitrogen and oxygen atoms in total. The van der Waals surface area contributed by atoms with Crippen LogP contribution in [0, 0.1) is 0 Å². The molecule has 2 N–H and O–H groups in total. The summed E-state index contributed by atoms with van der Waals surface area (Å²) < 4.78 is 12.8. The van der Waals surface area contributed by atoms with Gasteiger partial charge in [0.25, 0.3) is 0 Å². The largest absolute Gasteiger partial charge is 0.606 e. The lowest BCUT2D eigenvalue weighted by atomic mass is 9.95. The number of aromatic carboxylic acids is 1. The van der Waals surface area contributed by atoms with Crippen molar-refractivity contribution in [3.05, 3.63) is 58.7 Å². The average molecular weight is 330 g/mol. The quantitative estimate of drug-likeness (QED) is 0.839. The number of carbonyl (C=O) groups is 2. The second-order valence-corrected chi connectivity index (χ2v) is 6.79. The summed E-state index contributed by atoms with van der Waals surface area (Å²) in [5, 5.41) is 18.3. The lowest BCUT2D eigenvalue weighted by Crippen LogP contribution is -2.19. The molecular formula is C17H14O5S. The molecule has 6 heteroatoms. The number of aliphatic carboxylic acids is 1. The molecule has 118 valence electrons. The van der Waals surface area contributed by atoms with Gasteiger partial charge in [0.15, 0.2) is 9.79 Å². The van der Waals surface area contributed by atoms with E-state index >= 15 is 0 Å². The van der Waals surface area contributed by atoms with Gasteiger partial charge in [0.2, 0.25) is 0 Å². The van der Waals surface area contributed by atoms with Crippen LogP contribution >= 0.6 is 0 Å². The van der Waals surface area contributed by atoms with Crippen LogP contribution in [-0.4, -0.2) is 26.7 Å². The van der Waals surface area contributed by atoms with Gasteiger partial charge in [-0.15, -0.1) is 0 Å². The van der Waals surface area contributed by atoms with Gasteiger partial charge in [-0.3, -0.25) is 4.79 Å². The van der Waals surface area contributed by atoms with Crippen LogP contribution in [0.1, 0.15) is 33.5 Å². The number of carboxylic acids is 2. The van der Waals surface area contributed by atoms with Crippen molar-refractivity contribution in [1.29, 1.82) is 0 Å². The molecule has 0 amide bonds. The number of benzene rings is 2. The third-order valence-electron chi connectivity index (χ3n) is 3.87. The molecule has 0 saturated carbocycles. The molecular weight excluding hydrogens is 316 g/mol. The molecule has 0 spiro atoms. The molecule has 0 radical (unpaired) electrons. The molecule has 0 saturated heterocycles. The van der Waals surface area contributed by atoms with E-state index in [4.69, 9.17) is 5.11 Å². The molecule has 1 unspecified atom stereocenters. The highest BCUT2D eigenvalue weighted by Gasteiger charge is 2.32. The predicted octanol–water partition coefficient (Wildman–Crippen LogP) is 2.47. The van der Waals surface area contributed by atoms with Crippen LogP contribution in [0.15, 0.2) is 46.2 Å². The SMILES string of the molecule is O=C(O)CCc1cc(C(=O)O)c2c(c1)[S+]([O-])c1ccccc1C2. The van der Waals surface area contributed by atoms with Crippen molar-refractivity contribution in [1.82, 2.24) is 0 Å². The number of carboxylic acid groups (broad SMARTS) is 2. The monoisotopic (exact) mass is 330 g/mol. The first kappa shape index (κ1) is 15.6. The molecule has 1 atom stereocenters. The Bertz CT molecular complexity index is 800.